The fourth-order valence-corrected chi connectivity index (χ4v) is 2.07. The van der Waals surface area contributed by atoms with E-state index in [-0.39, 0.29) is 0 Å². The van der Waals surface area contributed by atoms with Gasteiger partial charge in [0.25, 0.3) is 0 Å². The van der Waals surface area contributed by atoms with Crippen LogP contribution in [0.15, 0.2) is 42.5 Å². The van der Waals surface area contributed by atoms with Gasteiger partial charge in [-0.15, -0.1) is 11.6 Å². The maximum absolute atomic E-state index is 5.96. The molecule has 0 radical (unpaired) electrons. The summed E-state index contributed by atoms with van der Waals surface area (Å²) in [6.07, 6.45) is 0. The minimum atomic E-state index is 0.449. The molecule has 19 heavy (non-hydrogen) atoms. The lowest BCUT2D eigenvalue weighted by atomic mass is 10.1. The van der Waals surface area contributed by atoms with Crippen LogP contribution in [0.3, 0.4) is 0 Å². The first-order chi connectivity index (χ1) is 9.10. The number of aryl methyl sites for hydroxylation is 1. The van der Waals surface area contributed by atoms with E-state index < -0.39 is 0 Å². The monoisotopic (exact) mass is 275 g/mol. The second-order valence-electron chi connectivity index (χ2n) is 4.74. The Hall–Kier alpha value is -1.67. The molecule has 0 amide bonds. The molecule has 0 heterocycles. The van der Waals surface area contributed by atoms with E-state index in [1.165, 1.54) is 5.56 Å². The number of alkyl halides is 1. The van der Waals surface area contributed by atoms with Crippen molar-refractivity contribution in [1.82, 2.24) is 0 Å². The number of nitrogens with zero attached hydrogens (tertiary/aromatic N) is 1. The SMILES string of the molecule is Cc1ccc(Oc2cccc(N(C)C)c2)c(CCl)c1. The van der Waals surface area contributed by atoms with Crippen molar-refractivity contribution in [3.63, 3.8) is 0 Å². The van der Waals surface area contributed by atoms with Crippen LogP contribution >= 0.6 is 11.6 Å². The summed E-state index contributed by atoms with van der Waals surface area (Å²) in [5.74, 6) is 2.09. The quantitative estimate of drug-likeness (QED) is 0.757. The Morgan fingerprint density at radius 3 is 2.58 bits per heavy atom. The van der Waals surface area contributed by atoms with Crippen molar-refractivity contribution in [3.8, 4) is 11.5 Å². The summed E-state index contributed by atoms with van der Waals surface area (Å²) >= 11 is 5.96. The summed E-state index contributed by atoms with van der Waals surface area (Å²) < 4.78 is 5.94. The van der Waals surface area contributed by atoms with E-state index in [2.05, 4.69) is 6.07 Å². The normalized spacial score (nSPS) is 10.3. The molecule has 2 rings (SSSR count). The van der Waals surface area contributed by atoms with Gasteiger partial charge in [-0.25, -0.2) is 0 Å². The lowest BCUT2D eigenvalue weighted by molar-refractivity contribution is 0.478. The first-order valence-corrected chi connectivity index (χ1v) is 6.74. The first kappa shape index (κ1) is 13.8. The molecule has 0 N–H and O–H groups in total. The highest BCUT2D eigenvalue weighted by atomic mass is 35.5. The number of anilines is 1. The molecule has 0 unspecified atom stereocenters. The minimum Gasteiger partial charge on any atom is -0.457 e. The smallest absolute Gasteiger partial charge is 0.131 e. The molecular formula is C16H18ClNO. The highest BCUT2D eigenvalue weighted by Crippen LogP contribution is 2.29. The van der Waals surface area contributed by atoms with E-state index in [0.717, 1.165) is 22.7 Å². The van der Waals surface area contributed by atoms with Crippen LogP contribution in [-0.2, 0) is 5.88 Å². The van der Waals surface area contributed by atoms with Crippen LogP contribution in [0.5, 0.6) is 11.5 Å². The van der Waals surface area contributed by atoms with Gasteiger partial charge in [0.2, 0.25) is 0 Å². The Morgan fingerprint density at radius 2 is 1.89 bits per heavy atom. The Kier molecular flexibility index (Phi) is 4.33. The van der Waals surface area contributed by atoms with Gasteiger partial charge in [-0.3, -0.25) is 0 Å². The molecule has 2 aromatic rings. The summed E-state index contributed by atoms with van der Waals surface area (Å²) in [6, 6.07) is 14.0. The lowest BCUT2D eigenvalue weighted by Crippen LogP contribution is -2.08. The van der Waals surface area contributed by atoms with Gasteiger partial charge in [0, 0.05) is 31.4 Å². The lowest BCUT2D eigenvalue weighted by Gasteiger charge is -2.15. The van der Waals surface area contributed by atoms with Crippen LogP contribution in [-0.4, -0.2) is 14.1 Å². The third kappa shape index (κ3) is 3.42. The number of hydrogen-bond acceptors (Lipinski definition) is 2. The summed E-state index contributed by atoms with van der Waals surface area (Å²) in [4.78, 5) is 2.05. The van der Waals surface area contributed by atoms with Crippen LogP contribution < -0.4 is 9.64 Å². The van der Waals surface area contributed by atoms with Gasteiger partial charge in [-0.05, 0) is 25.1 Å². The topological polar surface area (TPSA) is 12.5 Å². The van der Waals surface area contributed by atoms with Gasteiger partial charge in [0.05, 0.1) is 5.88 Å². The molecular weight excluding hydrogens is 258 g/mol. The zero-order chi connectivity index (χ0) is 13.8. The van der Waals surface area contributed by atoms with E-state index in [1.54, 1.807) is 0 Å². The highest BCUT2D eigenvalue weighted by molar-refractivity contribution is 6.17. The highest BCUT2D eigenvalue weighted by Gasteiger charge is 2.05. The second kappa shape index (κ2) is 5.98. The Morgan fingerprint density at radius 1 is 1.11 bits per heavy atom. The third-order valence-corrected chi connectivity index (χ3v) is 3.21. The first-order valence-electron chi connectivity index (χ1n) is 6.21. The van der Waals surface area contributed by atoms with E-state index in [0.29, 0.717) is 5.88 Å². The molecule has 2 aromatic carbocycles. The van der Waals surface area contributed by atoms with Gasteiger partial charge < -0.3 is 9.64 Å². The summed E-state index contributed by atoms with van der Waals surface area (Å²) in [5.41, 5.74) is 3.30. The predicted molar refractivity (Wildman–Crippen MR) is 81.6 cm³/mol. The average molecular weight is 276 g/mol. The number of benzene rings is 2. The fourth-order valence-electron chi connectivity index (χ4n) is 1.86. The van der Waals surface area contributed by atoms with Gasteiger partial charge in [0.15, 0.2) is 0 Å². The van der Waals surface area contributed by atoms with Crippen LogP contribution in [0.1, 0.15) is 11.1 Å². The molecule has 0 aliphatic rings. The van der Waals surface area contributed by atoms with Crippen molar-refractivity contribution in [2.75, 3.05) is 19.0 Å². The number of rotatable bonds is 4. The van der Waals surface area contributed by atoms with Crippen molar-refractivity contribution in [2.45, 2.75) is 12.8 Å². The summed E-state index contributed by atoms with van der Waals surface area (Å²) in [5, 5.41) is 0. The molecule has 2 nitrogen and oxygen atoms in total. The van der Waals surface area contributed by atoms with E-state index in [4.69, 9.17) is 16.3 Å². The summed E-state index contributed by atoms with van der Waals surface area (Å²) in [6.45, 7) is 2.05. The molecule has 0 saturated carbocycles. The third-order valence-electron chi connectivity index (χ3n) is 2.92. The van der Waals surface area contributed by atoms with Crippen LogP contribution in [0, 0.1) is 6.92 Å². The Balaban J connectivity index is 2.28. The number of halogens is 1. The van der Waals surface area contributed by atoms with Crippen molar-refractivity contribution >= 4 is 17.3 Å². The Labute approximate surface area is 119 Å². The molecule has 100 valence electrons. The second-order valence-corrected chi connectivity index (χ2v) is 5.01. The largest absolute Gasteiger partial charge is 0.457 e. The number of hydrogen-bond donors (Lipinski definition) is 0. The maximum atomic E-state index is 5.96. The molecule has 0 aromatic heterocycles. The van der Waals surface area contributed by atoms with Gasteiger partial charge in [0.1, 0.15) is 11.5 Å². The molecule has 0 bridgehead atoms. The van der Waals surface area contributed by atoms with Crippen LogP contribution in [0.4, 0.5) is 5.69 Å². The van der Waals surface area contributed by atoms with Gasteiger partial charge in [-0.1, -0.05) is 23.8 Å². The molecule has 0 spiro atoms. The van der Waals surface area contributed by atoms with Crippen molar-refractivity contribution in [2.24, 2.45) is 0 Å². The minimum absolute atomic E-state index is 0.449. The molecule has 0 atom stereocenters. The molecule has 0 aliphatic carbocycles. The zero-order valence-corrected chi connectivity index (χ0v) is 12.2. The van der Waals surface area contributed by atoms with Crippen molar-refractivity contribution in [3.05, 3.63) is 53.6 Å². The van der Waals surface area contributed by atoms with Crippen molar-refractivity contribution < 1.29 is 4.74 Å². The number of ether oxygens (including phenoxy) is 1. The van der Waals surface area contributed by atoms with Gasteiger partial charge in [-0.2, -0.15) is 0 Å². The van der Waals surface area contributed by atoms with E-state index in [9.17, 15) is 0 Å². The average Bonchev–Trinajstić information content (AvgIpc) is 2.41. The van der Waals surface area contributed by atoms with Crippen LogP contribution in [0.25, 0.3) is 0 Å². The molecule has 0 saturated heterocycles. The van der Waals surface area contributed by atoms with Gasteiger partial charge >= 0.3 is 0 Å². The summed E-state index contributed by atoms with van der Waals surface area (Å²) in [7, 11) is 4.02. The van der Waals surface area contributed by atoms with E-state index in [1.807, 2.05) is 62.3 Å². The van der Waals surface area contributed by atoms with Crippen LogP contribution in [0.2, 0.25) is 0 Å². The zero-order valence-electron chi connectivity index (χ0n) is 11.5. The maximum Gasteiger partial charge on any atom is 0.131 e. The standard InChI is InChI=1S/C16H18ClNO/c1-12-7-8-16(13(9-12)11-17)19-15-6-4-5-14(10-15)18(2)3/h4-10H,11H2,1-3H3. The fraction of sp³-hybridized carbons (Fsp3) is 0.250. The molecule has 3 heteroatoms. The Bertz CT molecular complexity index is 566. The van der Waals surface area contributed by atoms with E-state index >= 15 is 0 Å². The predicted octanol–water partition coefficient (Wildman–Crippen LogP) is 4.59. The van der Waals surface area contributed by atoms with Crippen molar-refractivity contribution in [1.29, 1.82) is 0 Å². The molecule has 0 aliphatic heterocycles. The molecule has 0 fully saturated rings.